The molecule has 0 aliphatic carbocycles. The number of hydrogen-bond donors (Lipinski definition) is 1. The van der Waals surface area contributed by atoms with E-state index in [0.717, 1.165) is 17.0 Å². The van der Waals surface area contributed by atoms with Crippen LogP contribution < -0.4 is 5.32 Å². The lowest BCUT2D eigenvalue weighted by Crippen LogP contribution is -2.17. The van der Waals surface area contributed by atoms with Crippen molar-refractivity contribution in [2.45, 2.75) is 34.2 Å². The molecule has 1 N–H and O–H groups in total. The summed E-state index contributed by atoms with van der Waals surface area (Å²) in [5, 5.41) is 9.75. The number of nitrogens with one attached hydrogen (secondary N) is 1. The average Bonchev–Trinajstić information content (AvgIpc) is 3.16. The number of nitrogens with zero attached hydrogens (tertiary/aromatic N) is 3. The lowest BCUT2D eigenvalue weighted by Gasteiger charge is -2.05. The Morgan fingerprint density at radius 3 is 2.79 bits per heavy atom. The van der Waals surface area contributed by atoms with Crippen molar-refractivity contribution in [3.8, 4) is 11.3 Å². The first-order valence-electron chi connectivity index (χ1n) is 7.87. The Bertz CT molecular complexity index is 894. The first-order valence-corrected chi connectivity index (χ1v) is 8.75. The maximum atomic E-state index is 12.5. The highest BCUT2D eigenvalue weighted by atomic mass is 32.1. The van der Waals surface area contributed by atoms with Crippen LogP contribution in [0.25, 0.3) is 11.3 Å². The number of carbonyl (C=O) groups excluding carboxylic acids is 1. The van der Waals surface area contributed by atoms with Gasteiger partial charge in [-0.05, 0) is 45.4 Å². The van der Waals surface area contributed by atoms with Crippen LogP contribution in [0.3, 0.4) is 0 Å². The number of amides is 1. The molecule has 1 amide bonds. The van der Waals surface area contributed by atoms with Gasteiger partial charge < -0.3 is 0 Å². The summed E-state index contributed by atoms with van der Waals surface area (Å²) in [7, 11) is 0. The van der Waals surface area contributed by atoms with Crippen LogP contribution in [0.5, 0.6) is 0 Å². The molecule has 0 spiro atoms. The standard InChI is InChI=1S/C18H20N4OS/c1-5-22-16(9-13(4)21-22)17(23)20-18-19-15(10-24-18)14-8-11(2)6-7-12(14)3/h6-10H,5H2,1-4H3,(H,19,20,23). The summed E-state index contributed by atoms with van der Waals surface area (Å²) in [6.45, 7) is 8.62. The molecule has 0 aliphatic heterocycles. The molecule has 0 radical (unpaired) electrons. The SMILES string of the molecule is CCn1nc(C)cc1C(=O)Nc1nc(-c2cc(C)ccc2C)cs1. The van der Waals surface area contributed by atoms with Crippen LogP contribution in [0, 0.1) is 20.8 Å². The fourth-order valence-electron chi connectivity index (χ4n) is 2.60. The number of hydrogen-bond acceptors (Lipinski definition) is 4. The molecular formula is C18H20N4OS. The van der Waals surface area contributed by atoms with Gasteiger partial charge in [-0.15, -0.1) is 11.3 Å². The van der Waals surface area contributed by atoms with Crippen LogP contribution in [0.1, 0.15) is 34.2 Å². The second kappa shape index (κ2) is 6.57. The fraction of sp³-hybridized carbons (Fsp3) is 0.278. The Balaban J connectivity index is 1.83. The molecule has 1 aromatic carbocycles. The van der Waals surface area contributed by atoms with Gasteiger partial charge in [-0.2, -0.15) is 5.10 Å². The molecule has 124 valence electrons. The summed E-state index contributed by atoms with van der Waals surface area (Å²) in [6.07, 6.45) is 0. The third kappa shape index (κ3) is 3.23. The van der Waals surface area contributed by atoms with Crippen molar-refractivity contribution in [2.24, 2.45) is 0 Å². The second-order valence-electron chi connectivity index (χ2n) is 5.80. The van der Waals surface area contributed by atoms with Gasteiger partial charge in [0, 0.05) is 17.5 Å². The Morgan fingerprint density at radius 1 is 1.25 bits per heavy atom. The van der Waals surface area contributed by atoms with Gasteiger partial charge in [0.15, 0.2) is 5.13 Å². The number of benzene rings is 1. The minimum atomic E-state index is -0.181. The molecule has 6 heteroatoms. The number of thiazole rings is 1. The molecule has 0 saturated carbocycles. The number of aryl methyl sites for hydroxylation is 4. The molecule has 2 aromatic heterocycles. The first kappa shape index (κ1) is 16.4. The average molecular weight is 340 g/mol. The third-order valence-corrected chi connectivity index (χ3v) is 4.59. The lowest BCUT2D eigenvalue weighted by atomic mass is 10.0. The number of anilines is 1. The highest BCUT2D eigenvalue weighted by Crippen LogP contribution is 2.28. The predicted molar refractivity (Wildman–Crippen MR) is 97.6 cm³/mol. The molecular weight excluding hydrogens is 320 g/mol. The van der Waals surface area contributed by atoms with E-state index in [0.29, 0.717) is 17.4 Å². The summed E-state index contributed by atoms with van der Waals surface area (Å²) < 4.78 is 1.70. The van der Waals surface area contributed by atoms with Crippen molar-refractivity contribution < 1.29 is 4.79 Å². The quantitative estimate of drug-likeness (QED) is 0.774. The van der Waals surface area contributed by atoms with Crippen LogP contribution in [0.2, 0.25) is 0 Å². The van der Waals surface area contributed by atoms with E-state index < -0.39 is 0 Å². The highest BCUT2D eigenvalue weighted by Gasteiger charge is 2.15. The van der Waals surface area contributed by atoms with E-state index in [2.05, 4.69) is 47.4 Å². The minimum absolute atomic E-state index is 0.181. The van der Waals surface area contributed by atoms with Crippen molar-refractivity contribution in [3.63, 3.8) is 0 Å². The normalized spacial score (nSPS) is 10.8. The van der Waals surface area contributed by atoms with Crippen molar-refractivity contribution >= 4 is 22.4 Å². The highest BCUT2D eigenvalue weighted by molar-refractivity contribution is 7.14. The molecule has 0 atom stereocenters. The molecule has 24 heavy (non-hydrogen) atoms. The monoisotopic (exact) mass is 340 g/mol. The molecule has 0 unspecified atom stereocenters. The van der Waals surface area contributed by atoms with Gasteiger partial charge in [0.05, 0.1) is 11.4 Å². The summed E-state index contributed by atoms with van der Waals surface area (Å²) in [6, 6.07) is 8.08. The predicted octanol–water partition coefficient (Wildman–Crippen LogP) is 4.20. The molecule has 0 aliphatic rings. The van der Waals surface area contributed by atoms with E-state index in [-0.39, 0.29) is 5.91 Å². The molecule has 0 fully saturated rings. The summed E-state index contributed by atoms with van der Waals surface area (Å²) in [5.74, 6) is -0.181. The van der Waals surface area contributed by atoms with Crippen molar-refractivity contribution in [1.82, 2.24) is 14.8 Å². The van der Waals surface area contributed by atoms with Gasteiger partial charge in [-0.25, -0.2) is 4.98 Å². The number of rotatable bonds is 4. The van der Waals surface area contributed by atoms with Gasteiger partial charge >= 0.3 is 0 Å². The molecule has 0 bridgehead atoms. The van der Waals surface area contributed by atoms with Crippen LogP contribution in [0.4, 0.5) is 5.13 Å². The van der Waals surface area contributed by atoms with Crippen molar-refractivity contribution in [1.29, 1.82) is 0 Å². The van der Waals surface area contributed by atoms with E-state index in [4.69, 9.17) is 0 Å². The largest absolute Gasteiger partial charge is 0.296 e. The maximum Gasteiger partial charge on any atom is 0.275 e. The molecule has 2 heterocycles. The van der Waals surface area contributed by atoms with Crippen LogP contribution in [-0.2, 0) is 6.54 Å². The topological polar surface area (TPSA) is 59.8 Å². The second-order valence-corrected chi connectivity index (χ2v) is 6.66. The zero-order valence-corrected chi connectivity index (χ0v) is 15.1. The van der Waals surface area contributed by atoms with E-state index >= 15 is 0 Å². The molecule has 0 saturated heterocycles. The zero-order chi connectivity index (χ0) is 17.3. The third-order valence-electron chi connectivity index (χ3n) is 3.83. The number of carbonyl (C=O) groups is 1. The fourth-order valence-corrected chi connectivity index (χ4v) is 3.30. The smallest absolute Gasteiger partial charge is 0.275 e. The molecule has 3 aromatic rings. The Labute approximate surface area is 145 Å². The summed E-state index contributed by atoms with van der Waals surface area (Å²) in [5.41, 5.74) is 5.73. The Morgan fingerprint density at radius 2 is 2.04 bits per heavy atom. The van der Waals surface area contributed by atoms with Gasteiger partial charge in [0.1, 0.15) is 5.69 Å². The minimum Gasteiger partial charge on any atom is -0.296 e. The van der Waals surface area contributed by atoms with Crippen molar-refractivity contribution in [3.05, 3.63) is 52.2 Å². The van der Waals surface area contributed by atoms with E-state index in [9.17, 15) is 4.79 Å². The van der Waals surface area contributed by atoms with Crippen LogP contribution in [-0.4, -0.2) is 20.7 Å². The number of aromatic nitrogens is 3. The Kier molecular flexibility index (Phi) is 4.49. The van der Waals surface area contributed by atoms with Crippen LogP contribution in [0.15, 0.2) is 29.6 Å². The van der Waals surface area contributed by atoms with E-state index in [1.54, 1.807) is 10.7 Å². The van der Waals surface area contributed by atoms with Gasteiger partial charge in [0.2, 0.25) is 0 Å². The van der Waals surface area contributed by atoms with E-state index in [1.165, 1.54) is 22.5 Å². The molecule has 5 nitrogen and oxygen atoms in total. The summed E-state index contributed by atoms with van der Waals surface area (Å²) in [4.78, 5) is 17.0. The van der Waals surface area contributed by atoms with Crippen molar-refractivity contribution in [2.75, 3.05) is 5.32 Å². The van der Waals surface area contributed by atoms with Gasteiger partial charge in [0.25, 0.3) is 5.91 Å². The van der Waals surface area contributed by atoms with Crippen LogP contribution >= 0.6 is 11.3 Å². The lowest BCUT2D eigenvalue weighted by molar-refractivity contribution is 0.101. The first-order chi connectivity index (χ1) is 11.5. The van der Waals surface area contributed by atoms with E-state index in [1.807, 2.05) is 19.2 Å². The van der Waals surface area contributed by atoms with Gasteiger partial charge in [-0.1, -0.05) is 17.7 Å². The Hall–Kier alpha value is -2.47. The zero-order valence-electron chi connectivity index (χ0n) is 14.3. The maximum absolute atomic E-state index is 12.5. The molecule has 3 rings (SSSR count). The van der Waals surface area contributed by atoms with Gasteiger partial charge in [-0.3, -0.25) is 14.8 Å². The summed E-state index contributed by atoms with van der Waals surface area (Å²) >= 11 is 1.43.